The Morgan fingerprint density at radius 1 is 1.40 bits per heavy atom. The Morgan fingerprint density at radius 2 is 2.05 bits per heavy atom. The van der Waals surface area contributed by atoms with E-state index in [1.54, 1.807) is 0 Å². The zero-order valence-electron chi connectivity index (χ0n) is 10.5. The molecule has 110 valence electrons. The van der Waals surface area contributed by atoms with Gasteiger partial charge < -0.3 is 20.2 Å². The third-order valence-corrected chi connectivity index (χ3v) is 3.23. The SMILES string of the molecule is CC(=O)N1[C@H](CO)[C@@H](O)[C@@H](O)[C@@H]1n1ncc(=O)[nH]c1=O. The van der Waals surface area contributed by atoms with Crippen molar-refractivity contribution >= 4 is 5.91 Å². The Morgan fingerprint density at radius 3 is 2.55 bits per heavy atom. The molecular formula is C10H14N4O6. The highest BCUT2D eigenvalue weighted by Crippen LogP contribution is 2.31. The van der Waals surface area contributed by atoms with E-state index in [-0.39, 0.29) is 0 Å². The Labute approximate surface area is 111 Å². The van der Waals surface area contributed by atoms with Gasteiger partial charge in [-0.3, -0.25) is 14.6 Å². The maximum absolute atomic E-state index is 11.7. The summed E-state index contributed by atoms with van der Waals surface area (Å²) in [6.45, 7) is 0.573. The van der Waals surface area contributed by atoms with E-state index in [2.05, 4.69) is 5.10 Å². The van der Waals surface area contributed by atoms with Gasteiger partial charge in [0.05, 0.1) is 12.6 Å². The zero-order valence-corrected chi connectivity index (χ0v) is 10.5. The van der Waals surface area contributed by atoms with E-state index in [9.17, 15) is 29.7 Å². The number of hydrogen-bond donors (Lipinski definition) is 4. The molecule has 1 aliphatic heterocycles. The zero-order chi connectivity index (χ0) is 15.0. The van der Waals surface area contributed by atoms with E-state index in [4.69, 9.17) is 0 Å². The summed E-state index contributed by atoms with van der Waals surface area (Å²) >= 11 is 0. The van der Waals surface area contributed by atoms with Crippen LogP contribution in [0.3, 0.4) is 0 Å². The van der Waals surface area contributed by atoms with Gasteiger partial charge in [-0.1, -0.05) is 0 Å². The minimum atomic E-state index is -1.52. The maximum Gasteiger partial charge on any atom is 0.346 e. The molecule has 10 heteroatoms. The second-order valence-electron chi connectivity index (χ2n) is 4.45. The molecule has 2 rings (SSSR count). The van der Waals surface area contributed by atoms with E-state index >= 15 is 0 Å². The van der Waals surface area contributed by atoms with Crippen molar-refractivity contribution in [3.8, 4) is 0 Å². The molecule has 0 spiro atoms. The molecule has 1 aromatic rings. The van der Waals surface area contributed by atoms with Crippen molar-refractivity contribution in [2.45, 2.75) is 31.3 Å². The average molecular weight is 286 g/mol. The van der Waals surface area contributed by atoms with Gasteiger partial charge in [0.25, 0.3) is 5.56 Å². The molecule has 1 saturated heterocycles. The highest BCUT2D eigenvalue weighted by atomic mass is 16.3. The number of carbonyl (C=O) groups is 1. The number of rotatable bonds is 2. The maximum atomic E-state index is 11.7. The van der Waals surface area contributed by atoms with Gasteiger partial charge >= 0.3 is 5.69 Å². The Kier molecular flexibility index (Phi) is 3.70. The van der Waals surface area contributed by atoms with Crippen LogP contribution >= 0.6 is 0 Å². The lowest BCUT2D eigenvalue weighted by Gasteiger charge is -2.28. The minimum absolute atomic E-state index is 0.565. The van der Waals surface area contributed by atoms with Gasteiger partial charge in [0.1, 0.15) is 18.4 Å². The summed E-state index contributed by atoms with van der Waals surface area (Å²) in [6.07, 6.45) is -3.45. The molecule has 0 radical (unpaired) electrons. The number of nitrogens with one attached hydrogen (secondary N) is 1. The van der Waals surface area contributed by atoms with Crippen molar-refractivity contribution in [3.05, 3.63) is 27.0 Å². The number of hydrogen-bond acceptors (Lipinski definition) is 7. The molecule has 4 atom stereocenters. The quantitative estimate of drug-likeness (QED) is 0.438. The van der Waals surface area contributed by atoms with Gasteiger partial charge in [-0.25, -0.2) is 4.79 Å². The van der Waals surface area contributed by atoms with Gasteiger partial charge in [-0.2, -0.15) is 9.78 Å². The molecule has 0 saturated carbocycles. The first-order chi connectivity index (χ1) is 9.38. The molecule has 0 aromatic carbocycles. The van der Waals surface area contributed by atoms with Crippen molar-refractivity contribution in [3.63, 3.8) is 0 Å². The number of nitrogens with zero attached hydrogens (tertiary/aromatic N) is 3. The van der Waals surface area contributed by atoms with Crippen molar-refractivity contribution in [1.82, 2.24) is 19.7 Å². The van der Waals surface area contributed by atoms with Crippen LogP contribution in [0.4, 0.5) is 0 Å². The molecule has 2 heterocycles. The first-order valence-corrected chi connectivity index (χ1v) is 5.82. The van der Waals surface area contributed by atoms with Crippen LogP contribution in [0.1, 0.15) is 13.1 Å². The van der Waals surface area contributed by atoms with Crippen molar-refractivity contribution in [2.24, 2.45) is 0 Å². The summed E-state index contributed by atoms with van der Waals surface area (Å²) in [5.74, 6) is -0.565. The number of amides is 1. The van der Waals surface area contributed by atoms with Crippen LogP contribution in [0.5, 0.6) is 0 Å². The lowest BCUT2D eigenvalue weighted by molar-refractivity contribution is -0.136. The summed E-state index contributed by atoms with van der Waals surface area (Å²) in [4.78, 5) is 37.2. The summed E-state index contributed by atoms with van der Waals surface area (Å²) in [7, 11) is 0. The number of H-pyrrole nitrogens is 1. The highest BCUT2D eigenvalue weighted by Gasteiger charge is 2.50. The molecule has 1 aliphatic rings. The molecule has 0 aliphatic carbocycles. The van der Waals surface area contributed by atoms with Crippen LogP contribution < -0.4 is 11.2 Å². The fraction of sp³-hybridized carbons (Fsp3) is 0.600. The van der Waals surface area contributed by atoms with E-state index in [0.29, 0.717) is 4.68 Å². The van der Waals surface area contributed by atoms with E-state index in [1.807, 2.05) is 4.98 Å². The second-order valence-corrected chi connectivity index (χ2v) is 4.45. The van der Waals surface area contributed by atoms with Crippen LogP contribution in [-0.2, 0) is 4.79 Å². The number of aromatic amines is 1. The molecule has 1 fully saturated rings. The smallest absolute Gasteiger partial charge is 0.346 e. The second kappa shape index (κ2) is 5.15. The molecule has 1 aromatic heterocycles. The number of aliphatic hydroxyl groups is 3. The van der Waals surface area contributed by atoms with E-state index < -0.39 is 48.2 Å². The van der Waals surface area contributed by atoms with Crippen molar-refractivity contribution in [1.29, 1.82) is 0 Å². The molecule has 0 unspecified atom stereocenters. The molecular weight excluding hydrogens is 272 g/mol. The average Bonchev–Trinajstić information content (AvgIpc) is 2.63. The minimum Gasteiger partial charge on any atom is -0.394 e. The van der Waals surface area contributed by atoms with Gasteiger partial charge in [-0.15, -0.1) is 0 Å². The molecule has 20 heavy (non-hydrogen) atoms. The monoisotopic (exact) mass is 286 g/mol. The summed E-state index contributed by atoms with van der Waals surface area (Å²) in [5.41, 5.74) is -1.66. The van der Waals surface area contributed by atoms with Crippen LogP contribution in [0.2, 0.25) is 0 Å². The predicted octanol–water partition coefficient (Wildman–Crippen LogP) is -3.62. The first kappa shape index (κ1) is 14.4. The third kappa shape index (κ3) is 2.13. The first-order valence-electron chi connectivity index (χ1n) is 5.82. The van der Waals surface area contributed by atoms with Crippen LogP contribution in [-0.4, -0.2) is 65.7 Å². The van der Waals surface area contributed by atoms with Crippen LogP contribution in [0.25, 0.3) is 0 Å². The highest BCUT2D eigenvalue weighted by molar-refractivity contribution is 5.74. The molecule has 0 bridgehead atoms. The lowest BCUT2D eigenvalue weighted by atomic mass is 10.1. The van der Waals surface area contributed by atoms with Crippen LogP contribution in [0, 0.1) is 0 Å². The summed E-state index contributed by atoms with van der Waals surface area (Å²) in [6, 6.07) is -1.06. The lowest BCUT2D eigenvalue weighted by Crippen LogP contribution is -2.46. The van der Waals surface area contributed by atoms with Gasteiger partial charge in [-0.05, 0) is 0 Å². The van der Waals surface area contributed by atoms with Gasteiger partial charge in [0.2, 0.25) is 5.91 Å². The fourth-order valence-corrected chi connectivity index (χ4v) is 2.36. The number of likely N-dealkylation sites (tertiary alicyclic amines) is 1. The van der Waals surface area contributed by atoms with Crippen LogP contribution in [0.15, 0.2) is 15.8 Å². The summed E-state index contributed by atoms with van der Waals surface area (Å²) < 4.78 is 0.687. The molecule has 10 nitrogen and oxygen atoms in total. The topological polar surface area (TPSA) is 149 Å². The van der Waals surface area contributed by atoms with E-state index in [1.165, 1.54) is 0 Å². The Balaban J connectivity index is 2.55. The third-order valence-electron chi connectivity index (χ3n) is 3.23. The summed E-state index contributed by atoms with van der Waals surface area (Å²) in [5, 5.41) is 32.6. The van der Waals surface area contributed by atoms with Gasteiger partial charge in [0, 0.05) is 6.92 Å². The molecule has 1 amide bonds. The van der Waals surface area contributed by atoms with Gasteiger partial charge in [0.15, 0.2) is 6.17 Å². The largest absolute Gasteiger partial charge is 0.394 e. The van der Waals surface area contributed by atoms with Crippen molar-refractivity contribution < 1.29 is 20.1 Å². The Hall–Kier alpha value is -2.04. The number of carbonyl (C=O) groups excluding carboxylic acids is 1. The fourth-order valence-electron chi connectivity index (χ4n) is 2.36. The Bertz CT molecular complexity index is 625. The standard InChI is InChI=1S/C10H14N4O6/c1-4(16)13-5(3-15)7(18)8(19)9(13)14-10(20)12-6(17)2-11-14/h2,5,7-9,15,18-19H,3H2,1H3,(H,12,17,20)/t5-,7-,8-,9+/m1/s1. The molecule has 4 N–H and O–H groups in total. The van der Waals surface area contributed by atoms with E-state index in [0.717, 1.165) is 18.0 Å². The van der Waals surface area contributed by atoms with Crippen molar-refractivity contribution in [2.75, 3.05) is 6.61 Å². The predicted molar refractivity (Wildman–Crippen MR) is 63.6 cm³/mol. The number of aromatic nitrogens is 3. The normalized spacial score (nSPS) is 29.7. The number of aliphatic hydroxyl groups excluding tert-OH is 3.